The van der Waals surface area contributed by atoms with Crippen molar-refractivity contribution in [3.63, 3.8) is 0 Å². The van der Waals surface area contributed by atoms with Crippen molar-refractivity contribution in [3.8, 4) is 0 Å². The van der Waals surface area contributed by atoms with Gasteiger partial charge in [-0.15, -0.1) is 11.3 Å². The average Bonchev–Trinajstić information content (AvgIpc) is 3.03. The molecule has 134 valence electrons. The van der Waals surface area contributed by atoms with E-state index in [1.807, 2.05) is 24.3 Å². The minimum atomic E-state index is -0.542. The number of nitrogens with one attached hydrogen (secondary N) is 1. The van der Waals surface area contributed by atoms with Crippen LogP contribution < -0.4 is 5.32 Å². The number of carbonyl (C=O) groups excluding carboxylic acids is 2. The molecule has 2 aromatic rings. The van der Waals surface area contributed by atoms with Gasteiger partial charge in [-0.05, 0) is 25.0 Å². The summed E-state index contributed by atoms with van der Waals surface area (Å²) < 4.78 is 11.4. The predicted octanol–water partition coefficient (Wildman–Crippen LogP) is 2.81. The van der Waals surface area contributed by atoms with E-state index in [0.717, 1.165) is 40.9 Å². The van der Waals surface area contributed by atoms with Crippen molar-refractivity contribution >= 4 is 33.4 Å². The Hall–Kier alpha value is -1.99. The average molecular weight is 362 g/mol. The van der Waals surface area contributed by atoms with Gasteiger partial charge in [-0.1, -0.05) is 31.4 Å². The summed E-state index contributed by atoms with van der Waals surface area (Å²) in [6.07, 6.45) is 5.53. The van der Waals surface area contributed by atoms with Crippen molar-refractivity contribution in [1.29, 1.82) is 0 Å². The van der Waals surface area contributed by atoms with Gasteiger partial charge < -0.3 is 14.8 Å². The van der Waals surface area contributed by atoms with E-state index in [1.165, 1.54) is 17.8 Å². The Morgan fingerprint density at radius 1 is 1.16 bits per heavy atom. The molecule has 1 saturated carbocycles. The molecule has 25 heavy (non-hydrogen) atoms. The minimum Gasteiger partial charge on any atom is -0.454 e. The number of rotatable bonds is 7. The molecular weight excluding hydrogens is 340 g/mol. The van der Waals surface area contributed by atoms with E-state index in [0.29, 0.717) is 0 Å². The summed E-state index contributed by atoms with van der Waals surface area (Å²) in [6, 6.07) is 8.04. The molecule has 1 fully saturated rings. The van der Waals surface area contributed by atoms with Crippen LogP contribution in [0.15, 0.2) is 24.3 Å². The number of para-hydroxylation sites is 1. The van der Waals surface area contributed by atoms with Crippen LogP contribution in [0.1, 0.15) is 37.1 Å². The number of fused-ring (bicyclic) bond motifs is 1. The summed E-state index contributed by atoms with van der Waals surface area (Å²) in [7, 11) is 0. The Kier molecular flexibility index (Phi) is 6.36. The van der Waals surface area contributed by atoms with Gasteiger partial charge in [-0.25, -0.2) is 9.78 Å². The Labute approximate surface area is 150 Å². The highest BCUT2D eigenvalue weighted by Crippen LogP contribution is 2.21. The molecule has 0 radical (unpaired) electrons. The van der Waals surface area contributed by atoms with Crippen LogP contribution in [0, 0.1) is 0 Å². The highest BCUT2D eigenvalue weighted by atomic mass is 32.1. The summed E-state index contributed by atoms with van der Waals surface area (Å²) in [5, 5.41) is 3.72. The van der Waals surface area contributed by atoms with E-state index in [4.69, 9.17) is 9.47 Å². The zero-order valence-electron chi connectivity index (χ0n) is 14.0. The quantitative estimate of drug-likeness (QED) is 0.767. The van der Waals surface area contributed by atoms with Crippen molar-refractivity contribution < 1.29 is 19.1 Å². The van der Waals surface area contributed by atoms with Gasteiger partial charge in [0.05, 0.1) is 16.8 Å². The molecule has 1 amide bonds. The number of benzene rings is 1. The molecule has 0 atom stereocenters. The number of carbonyl (C=O) groups is 2. The number of hydrogen-bond acceptors (Lipinski definition) is 6. The third-order valence-corrected chi connectivity index (χ3v) is 5.13. The first kappa shape index (κ1) is 17.8. The standard InChI is InChI=1S/C18H22N2O4S/c21-16(19-13-6-2-1-3-7-13)10-24-18(22)12-23-11-17-20-14-8-4-5-9-15(14)25-17/h4-5,8-9,13H,1-3,6-7,10-12H2,(H,19,21). The smallest absolute Gasteiger partial charge is 0.332 e. The van der Waals surface area contributed by atoms with Crippen LogP contribution in [0.5, 0.6) is 0 Å². The van der Waals surface area contributed by atoms with E-state index in [9.17, 15) is 9.59 Å². The lowest BCUT2D eigenvalue weighted by Gasteiger charge is -2.22. The molecule has 1 heterocycles. The number of ether oxygens (including phenoxy) is 2. The van der Waals surface area contributed by atoms with E-state index in [2.05, 4.69) is 10.3 Å². The summed E-state index contributed by atoms with van der Waals surface area (Å²) in [4.78, 5) is 27.9. The SMILES string of the molecule is O=C(COC(=O)COCc1nc2ccccc2s1)NC1CCCCC1. The minimum absolute atomic E-state index is 0.188. The molecule has 0 saturated heterocycles. The Morgan fingerprint density at radius 2 is 1.96 bits per heavy atom. The maximum absolute atomic E-state index is 11.8. The largest absolute Gasteiger partial charge is 0.454 e. The number of hydrogen-bond donors (Lipinski definition) is 1. The van der Waals surface area contributed by atoms with Crippen molar-refractivity contribution in [3.05, 3.63) is 29.3 Å². The van der Waals surface area contributed by atoms with Crippen molar-refractivity contribution in [1.82, 2.24) is 10.3 Å². The Morgan fingerprint density at radius 3 is 2.76 bits per heavy atom. The zero-order valence-corrected chi connectivity index (χ0v) is 14.8. The third kappa shape index (κ3) is 5.51. The first-order valence-corrected chi connectivity index (χ1v) is 9.39. The summed E-state index contributed by atoms with van der Waals surface area (Å²) in [5.41, 5.74) is 0.924. The van der Waals surface area contributed by atoms with E-state index in [1.54, 1.807) is 0 Å². The van der Waals surface area contributed by atoms with E-state index in [-0.39, 0.29) is 31.8 Å². The van der Waals surface area contributed by atoms with Gasteiger partial charge >= 0.3 is 5.97 Å². The second-order valence-electron chi connectivity index (χ2n) is 6.13. The monoisotopic (exact) mass is 362 g/mol. The Balaban J connectivity index is 1.33. The Bertz CT molecular complexity index is 692. The summed E-state index contributed by atoms with van der Waals surface area (Å²) >= 11 is 1.53. The fourth-order valence-corrected chi connectivity index (χ4v) is 3.81. The molecule has 0 spiro atoms. The molecule has 7 heteroatoms. The van der Waals surface area contributed by atoms with Gasteiger partial charge in [-0.2, -0.15) is 0 Å². The summed E-state index contributed by atoms with van der Waals surface area (Å²) in [5.74, 6) is -0.786. The fourth-order valence-electron chi connectivity index (χ4n) is 2.91. The highest BCUT2D eigenvalue weighted by molar-refractivity contribution is 7.18. The molecule has 0 aliphatic heterocycles. The van der Waals surface area contributed by atoms with Gasteiger partial charge in [0.25, 0.3) is 5.91 Å². The van der Waals surface area contributed by atoms with Gasteiger partial charge in [-0.3, -0.25) is 4.79 Å². The number of thiazole rings is 1. The van der Waals surface area contributed by atoms with Crippen LogP contribution in [-0.4, -0.2) is 36.1 Å². The normalized spacial score (nSPS) is 15.2. The summed E-state index contributed by atoms with van der Waals surface area (Å²) in [6.45, 7) is -0.185. The van der Waals surface area contributed by atoms with Crippen molar-refractivity contribution in [2.45, 2.75) is 44.8 Å². The number of amides is 1. The van der Waals surface area contributed by atoms with Crippen molar-refractivity contribution in [2.75, 3.05) is 13.2 Å². The van der Waals surface area contributed by atoms with Crippen LogP contribution in [0.3, 0.4) is 0 Å². The first-order valence-electron chi connectivity index (χ1n) is 8.58. The van der Waals surface area contributed by atoms with E-state index >= 15 is 0 Å². The number of esters is 1. The van der Waals surface area contributed by atoms with Gasteiger partial charge in [0.15, 0.2) is 6.61 Å². The molecule has 1 aliphatic carbocycles. The molecule has 1 aromatic carbocycles. The topological polar surface area (TPSA) is 77.5 Å². The van der Waals surface area contributed by atoms with Crippen LogP contribution in [0.2, 0.25) is 0 Å². The molecule has 3 rings (SSSR count). The number of nitrogens with zero attached hydrogens (tertiary/aromatic N) is 1. The lowest BCUT2D eigenvalue weighted by molar-refractivity contribution is -0.153. The van der Waals surface area contributed by atoms with Gasteiger partial charge in [0, 0.05) is 6.04 Å². The predicted molar refractivity (Wildman–Crippen MR) is 95.3 cm³/mol. The third-order valence-electron chi connectivity index (χ3n) is 4.12. The maximum Gasteiger partial charge on any atom is 0.332 e. The van der Waals surface area contributed by atoms with Crippen LogP contribution >= 0.6 is 11.3 Å². The van der Waals surface area contributed by atoms with E-state index < -0.39 is 5.97 Å². The maximum atomic E-state index is 11.8. The molecular formula is C18H22N2O4S. The first-order chi connectivity index (χ1) is 12.2. The molecule has 0 unspecified atom stereocenters. The second kappa shape index (κ2) is 8.92. The lowest BCUT2D eigenvalue weighted by Crippen LogP contribution is -2.39. The van der Waals surface area contributed by atoms with Crippen molar-refractivity contribution in [2.24, 2.45) is 0 Å². The highest BCUT2D eigenvalue weighted by Gasteiger charge is 2.16. The van der Waals surface area contributed by atoms with Gasteiger partial charge in [0.2, 0.25) is 0 Å². The molecule has 1 aromatic heterocycles. The number of aromatic nitrogens is 1. The lowest BCUT2D eigenvalue weighted by atomic mass is 9.95. The van der Waals surface area contributed by atoms with Crippen LogP contribution in [0.4, 0.5) is 0 Å². The second-order valence-corrected chi connectivity index (χ2v) is 7.25. The van der Waals surface area contributed by atoms with Gasteiger partial charge in [0.1, 0.15) is 11.6 Å². The molecule has 6 nitrogen and oxygen atoms in total. The zero-order chi connectivity index (χ0) is 17.5. The fraction of sp³-hybridized carbons (Fsp3) is 0.500. The van der Waals surface area contributed by atoms with Crippen LogP contribution in [0.25, 0.3) is 10.2 Å². The molecule has 1 aliphatic rings. The molecule has 1 N–H and O–H groups in total. The van der Waals surface area contributed by atoms with Crippen LogP contribution in [-0.2, 0) is 25.7 Å². The molecule has 0 bridgehead atoms.